The molecule has 5 heteroatoms. The third-order valence-corrected chi connectivity index (χ3v) is 2.68. The summed E-state index contributed by atoms with van der Waals surface area (Å²) in [6.07, 6.45) is 1.11. The van der Waals surface area contributed by atoms with Crippen LogP contribution in [0.15, 0.2) is 24.3 Å². The number of benzene rings is 1. The molecule has 16 heavy (non-hydrogen) atoms. The molecule has 1 N–H and O–H groups in total. The van der Waals surface area contributed by atoms with Crippen LogP contribution in [-0.4, -0.2) is 24.6 Å². The second-order valence-electron chi connectivity index (χ2n) is 3.92. The lowest BCUT2D eigenvalue weighted by molar-refractivity contribution is -0.384. The molecule has 0 radical (unpaired) electrons. The van der Waals surface area contributed by atoms with Gasteiger partial charge in [0.05, 0.1) is 17.6 Å². The Kier molecular flexibility index (Phi) is 3.36. The third kappa shape index (κ3) is 2.70. The van der Waals surface area contributed by atoms with Crippen LogP contribution >= 0.6 is 0 Å². The Morgan fingerprint density at radius 1 is 1.56 bits per heavy atom. The van der Waals surface area contributed by atoms with Gasteiger partial charge in [0.25, 0.3) is 5.69 Å². The highest BCUT2D eigenvalue weighted by atomic mass is 16.6. The normalized spacial score (nSPS) is 19.6. The summed E-state index contributed by atoms with van der Waals surface area (Å²) in [6.45, 7) is 2.62. The Balaban J connectivity index is 1.93. The van der Waals surface area contributed by atoms with Crippen molar-refractivity contribution in [1.29, 1.82) is 0 Å². The highest BCUT2D eigenvalue weighted by Gasteiger charge is 2.15. The van der Waals surface area contributed by atoms with Crippen molar-refractivity contribution in [3.05, 3.63) is 34.4 Å². The van der Waals surface area contributed by atoms with E-state index >= 15 is 0 Å². The predicted molar refractivity (Wildman–Crippen MR) is 59.6 cm³/mol. The lowest BCUT2D eigenvalue weighted by atomic mass is 10.1. The predicted octanol–water partition coefficient (Wildman–Crippen LogP) is 1.58. The highest BCUT2D eigenvalue weighted by Crippen LogP contribution is 2.20. The summed E-state index contributed by atoms with van der Waals surface area (Å²) in [4.78, 5) is 10.1. The summed E-state index contributed by atoms with van der Waals surface area (Å²) in [6, 6.07) is 6.31. The molecular formula is C11H14N2O3. The third-order valence-electron chi connectivity index (χ3n) is 2.68. The summed E-state index contributed by atoms with van der Waals surface area (Å²) in [5, 5.41) is 13.8. The number of nitro groups is 1. The van der Waals surface area contributed by atoms with Gasteiger partial charge < -0.3 is 10.1 Å². The fraction of sp³-hybridized carbons (Fsp3) is 0.455. The second-order valence-corrected chi connectivity index (χ2v) is 3.92. The van der Waals surface area contributed by atoms with Gasteiger partial charge >= 0.3 is 0 Å². The van der Waals surface area contributed by atoms with Crippen molar-refractivity contribution >= 4 is 5.69 Å². The topological polar surface area (TPSA) is 64.4 Å². The molecule has 1 saturated heterocycles. The second kappa shape index (κ2) is 4.94. The van der Waals surface area contributed by atoms with Gasteiger partial charge in [-0.05, 0) is 19.0 Å². The Morgan fingerprint density at radius 2 is 2.44 bits per heavy atom. The zero-order valence-electron chi connectivity index (χ0n) is 8.89. The molecule has 0 spiro atoms. The first-order valence-corrected chi connectivity index (χ1v) is 5.33. The fourth-order valence-electron chi connectivity index (χ4n) is 1.76. The maximum Gasteiger partial charge on any atom is 0.273 e. The van der Waals surface area contributed by atoms with Crippen LogP contribution in [0.25, 0.3) is 0 Å². The van der Waals surface area contributed by atoms with Crippen molar-refractivity contribution in [2.75, 3.05) is 19.7 Å². The molecule has 0 aliphatic carbocycles. The van der Waals surface area contributed by atoms with Crippen LogP contribution in [0.1, 0.15) is 6.42 Å². The van der Waals surface area contributed by atoms with Gasteiger partial charge in [0.15, 0.2) is 0 Å². The minimum absolute atomic E-state index is 0.0713. The SMILES string of the molecule is O=[N+]([O-])c1cccc(OCC2CCNC2)c1. The van der Waals surface area contributed by atoms with Gasteiger partial charge in [-0.25, -0.2) is 0 Å². The number of nitrogens with one attached hydrogen (secondary N) is 1. The molecule has 1 unspecified atom stereocenters. The first-order chi connectivity index (χ1) is 7.75. The zero-order chi connectivity index (χ0) is 11.4. The monoisotopic (exact) mass is 222 g/mol. The maximum atomic E-state index is 10.6. The molecule has 0 amide bonds. The van der Waals surface area contributed by atoms with Gasteiger partial charge in [-0.3, -0.25) is 10.1 Å². The summed E-state index contributed by atoms with van der Waals surface area (Å²) >= 11 is 0. The number of hydrogen-bond donors (Lipinski definition) is 1. The minimum atomic E-state index is -0.413. The molecule has 2 rings (SSSR count). The number of nitro benzene ring substituents is 1. The minimum Gasteiger partial charge on any atom is -0.493 e. The zero-order valence-corrected chi connectivity index (χ0v) is 8.89. The Bertz CT molecular complexity index is 375. The van der Waals surface area contributed by atoms with Crippen LogP contribution in [0.3, 0.4) is 0 Å². The summed E-state index contributed by atoms with van der Waals surface area (Å²) in [5.41, 5.74) is 0.0713. The van der Waals surface area contributed by atoms with Crippen molar-refractivity contribution in [3.63, 3.8) is 0 Å². The first kappa shape index (κ1) is 10.9. The molecule has 1 aliphatic heterocycles. The van der Waals surface area contributed by atoms with Gasteiger partial charge in [-0.2, -0.15) is 0 Å². The molecule has 1 atom stereocenters. The van der Waals surface area contributed by atoms with Crippen LogP contribution in [0.5, 0.6) is 5.75 Å². The van der Waals surface area contributed by atoms with Crippen LogP contribution in [-0.2, 0) is 0 Å². The van der Waals surface area contributed by atoms with Gasteiger partial charge in [0, 0.05) is 18.5 Å². The molecule has 1 heterocycles. The van der Waals surface area contributed by atoms with E-state index in [0.717, 1.165) is 19.5 Å². The van der Waals surface area contributed by atoms with Crippen molar-refractivity contribution in [1.82, 2.24) is 5.32 Å². The molecule has 1 fully saturated rings. The quantitative estimate of drug-likeness (QED) is 0.620. The number of nitrogens with zero attached hydrogens (tertiary/aromatic N) is 1. The first-order valence-electron chi connectivity index (χ1n) is 5.33. The summed E-state index contributed by atoms with van der Waals surface area (Å²) in [7, 11) is 0. The standard InChI is InChI=1S/C11H14N2O3/c14-13(15)10-2-1-3-11(6-10)16-8-9-4-5-12-7-9/h1-3,6,9,12H,4-5,7-8H2. The van der Waals surface area contributed by atoms with Gasteiger partial charge in [0.1, 0.15) is 5.75 Å². The molecule has 0 aromatic heterocycles. The number of ether oxygens (including phenoxy) is 1. The van der Waals surface area contributed by atoms with Crippen LogP contribution in [0, 0.1) is 16.0 Å². The van der Waals surface area contributed by atoms with Crippen LogP contribution < -0.4 is 10.1 Å². The van der Waals surface area contributed by atoms with Gasteiger partial charge in [0.2, 0.25) is 0 Å². The van der Waals surface area contributed by atoms with E-state index in [0.29, 0.717) is 18.3 Å². The van der Waals surface area contributed by atoms with E-state index in [4.69, 9.17) is 4.74 Å². The van der Waals surface area contributed by atoms with E-state index in [1.165, 1.54) is 12.1 Å². The average Bonchev–Trinajstić information content (AvgIpc) is 2.79. The van der Waals surface area contributed by atoms with Crippen molar-refractivity contribution in [2.24, 2.45) is 5.92 Å². The van der Waals surface area contributed by atoms with E-state index < -0.39 is 4.92 Å². The van der Waals surface area contributed by atoms with Gasteiger partial charge in [-0.1, -0.05) is 6.07 Å². The number of rotatable bonds is 4. The highest BCUT2D eigenvalue weighted by molar-refractivity contribution is 5.37. The summed E-state index contributed by atoms with van der Waals surface area (Å²) in [5.74, 6) is 1.08. The lowest BCUT2D eigenvalue weighted by Crippen LogP contribution is -2.15. The van der Waals surface area contributed by atoms with Crippen LogP contribution in [0.4, 0.5) is 5.69 Å². The molecular weight excluding hydrogens is 208 g/mol. The Morgan fingerprint density at radius 3 is 3.12 bits per heavy atom. The van der Waals surface area contributed by atoms with E-state index in [1.807, 2.05) is 0 Å². The summed E-state index contributed by atoms with van der Waals surface area (Å²) < 4.78 is 5.54. The lowest BCUT2D eigenvalue weighted by Gasteiger charge is -2.10. The molecule has 1 aromatic rings. The van der Waals surface area contributed by atoms with Gasteiger partial charge in [-0.15, -0.1) is 0 Å². The molecule has 5 nitrogen and oxygen atoms in total. The fourth-order valence-corrected chi connectivity index (χ4v) is 1.76. The van der Waals surface area contributed by atoms with Crippen LogP contribution in [0.2, 0.25) is 0 Å². The van der Waals surface area contributed by atoms with E-state index in [9.17, 15) is 10.1 Å². The molecule has 86 valence electrons. The largest absolute Gasteiger partial charge is 0.493 e. The van der Waals surface area contributed by atoms with Crippen molar-refractivity contribution < 1.29 is 9.66 Å². The average molecular weight is 222 g/mol. The van der Waals surface area contributed by atoms with E-state index in [2.05, 4.69) is 5.32 Å². The van der Waals surface area contributed by atoms with E-state index in [1.54, 1.807) is 12.1 Å². The molecule has 1 aliphatic rings. The smallest absolute Gasteiger partial charge is 0.273 e. The Hall–Kier alpha value is -1.62. The number of hydrogen-bond acceptors (Lipinski definition) is 4. The van der Waals surface area contributed by atoms with E-state index in [-0.39, 0.29) is 5.69 Å². The number of non-ortho nitro benzene ring substituents is 1. The molecule has 1 aromatic carbocycles. The molecule has 0 saturated carbocycles. The van der Waals surface area contributed by atoms with Crippen molar-refractivity contribution in [3.8, 4) is 5.75 Å². The maximum absolute atomic E-state index is 10.6. The van der Waals surface area contributed by atoms with Crippen molar-refractivity contribution in [2.45, 2.75) is 6.42 Å². The Labute approximate surface area is 93.6 Å². The molecule has 0 bridgehead atoms.